The van der Waals surface area contributed by atoms with Crippen molar-refractivity contribution in [3.05, 3.63) is 40.4 Å². The van der Waals surface area contributed by atoms with E-state index in [-0.39, 0.29) is 11.9 Å². The molecular formula is C16H20N4OS. The van der Waals surface area contributed by atoms with Crippen molar-refractivity contribution in [1.29, 1.82) is 0 Å². The number of rotatable bonds is 4. The van der Waals surface area contributed by atoms with Gasteiger partial charge in [-0.2, -0.15) is 0 Å². The second kappa shape index (κ2) is 6.14. The first kappa shape index (κ1) is 15.1. The maximum atomic E-state index is 12.7. The van der Waals surface area contributed by atoms with Gasteiger partial charge in [-0.25, -0.2) is 0 Å². The van der Waals surface area contributed by atoms with Gasteiger partial charge in [-0.1, -0.05) is 22.7 Å². The standard InChI is InChI=1S/C16H20N4OS/c1-11-8-13-6-4-5-7-14(13)20(11)16(21)10-19(3)9-15-12(2)17-18-22-15/h4-7,11H,8-10H2,1-3H3/t11-/m1/s1. The number of nitrogens with zero attached hydrogens (tertiary/aromatic N) is 4. The maximum absolute atomic E-state index is 12.7. The lowest BCUT2D eigenvalue weighted by Crippen LogP contribution is -2.41. The lowest BCUT2D eigenvalue weighted by atomic mass is 10.1. The second-order valence-electron chi connectivity index (χ2n) is 5.90. The van der Waals surface area contributed by atoms with Crippen LogP contribution in [0.15, 0.2) is 24.3 Å². The van der Waals surface area contributed by atoms with Gasteiger partial charge in [0.15, 0.2) is 0 Å². The van der Waals surface area contributed by atoms with Crippen LogP contribution in [0.1, 0.15) is 23.1 Å². The number of fused-ring (bicyclic) bond motifs is 1. The lowest BCUT2D eigenvalue weighted by molar-refractivity contribution is -0.119. The first-order valence-corrected chi connectivity index (χ1v) is 8.20. The molecule has 0 spiro atoms. The molecule has 0 aliphatic carbocycles. The zero-order valence-corrected chi connectivity index (χ0v) is 13.9. The molecule has 0 N–H and O–H groups in total. The van der Waals surface area contributed by atoms with E-state index in [9.17, 15) is 4.79 Å². The highest BCUT2D eigenvalue weighted by atomic mass is 32.1. The van der Waals surface area contributed by atoms with Crippen LogP contribution in [-0.2, 0) is 17.8 Å². The molecule has 2 aromatic rings. The predicted octanol–water partition coefficient (Wildman–Crippen LogP) is 2.26. The number of amides is 1. The zero-order valence-electron chi connectivity index (χ0n) is 13.1. The molecule has 0 saturated heterocycles. The molecule has 3 rings (SSSR count). The molecule has 116 valence electrons. The van der Waals surface area contributed by atoms with Gasteiger partial charge in [-0.15, -0.1) is 5.10 Å². The van der Waals surface area contributed by atoms with Gasteiger partial charge in [-0.3, -0.25) is 9.69 Å². The van der Waals surface area contributed by atoms with Crippen LogP contribution >= 0.6 is 11.5 Å². The van der Waals surface area contributed by atoms with Crippen LogP contribution < -0.4 is 4.90 Å². The summed E-state index contributed by atoms with van der Waals surface area (Å²) >= 11 is 1.40. The third-order valence-corrected chi connectivity index (χ3v) is 4.85. The molecular weight excluding hydrogens is 296 g/mol. The molecule has 1 amide bonds. The molecule has 1 aliphatic rings. The van der Waals surface area contributed by atoms with Crippen molar-refractivity contribution in [2.75, 3.05) is 18.5 Å². The van der Waals surface area contributed by atoms with E-state index >= 15 is 0 Å². The van der Waals surface area contributed by atoms with E-state index in [1.165, 1.54) is 17.1 Å². The fourth-order valence-corrected chi connectivity index (χ4v) is 3.66. The summed E-state index contributed by atoms with van der Waals surface area (Å²) in [7, 11) is 1.96. The summed E-state index contributed by atoms with van der Waals surface area (Å²) in [6.45, 7) is 5.16. The average molecular weight is 316 g/mol. The van der Waals surface area contributed by atoms with Gasteiger partial charge in [0.2, 0.25) is 5.91 Å². The van der Waals surface area contributed by atoms with E-state index < -0.39 is 0 Å². The van der Waals surface area contributed by atoms with E-state index in [0.29, 0.717) is 13.1 Å². The summed E-state index contributed by atoms with van der Waals surface area (Å²) in [5.41, 5.74) is 3.27. The molecule has 0 unspecified atom stereocenters. The summed E-state index contributed by atoms with van der Waals surface area (Å²) < 4.78 is 3.94. The SMILES string of the molecule is Cc1nnsc1CN(C)CC(=O)N1c2ccccc2C[C@H]1C. The smallest absolute Gasteiger partial charge is 0.241 e. The summed E-state index contributed by atoms with van der Waals surface area (Å²) in [6.07, 6.45) is 0.934. The molecule has 1 aromatic heterocycles. The molecule has 2 heterocycles. The highest BCUT2D eigenvalue weighted by Crippen LogP contribution is 2.31. The number of hydrogen-bond donors (Lipinski definition) is 0. The minimum Gasteiger partial charge on any atom is -0.308 e. The fraction of sp³-hybridized carbons (Fsp3) is 0.438. The second-order valence-corrected chi connectivity index (χ2v) is 6.74. The van der Waals surface area contributed by atoms with Crippen LogP contribution in [0, 0.1) is 6.92 Å². The van der Waals surface area contributed by atoms with Crippen molar-refractivity contribution in [1.82, 2.24) is 14.5 Å². The van der Waals surface area contributed by atoms with Crippen molar-refractivity contribution in [3.8, 4) is 0 Å². The van der Waals surface area contributed by atoms with Crippen molar-refractivity contribution >= 4 is 23.1 Å². The number of anilines is 1. The Morgan fingerprint density at radius 2 is 2.23 bits per heavy atom. The Morgan fingerprint density at radius 3 is 2.95 bits per heavy atom. The van der Waals surface area contributed by atoms with Gasteiger partial charge in [0.1, 0.15) is 0 Å². The van der Waals surface area contributed by atoms with Gasteiger partial charge in [0.25, 0.3) is 0 Å². The number of hydrogen-bond acceptors (Lipinski definition) is 5. The first-order valence-electron chi connectivity index (χ1n) is 7.42. The van der Waals surface area contributed by atoms with Gasteiger partial charge in [0.05, 0.1) is 17.1 Å². The molecule has 1 aromatic carbocycles. The fourth-order valence-electron chi connectivity index (χ4n) is 2.95. The molecule has 0 saturated carbocycles. The van der Waals surface area contributed by atoms with E-state index in [1.807, 2.05) is 42.0 Å². The Balaban J connectivity index is 1.68. The zero-order chi connectivity index (χ0) is 15.7. The van der Waals surface area contributed by atoms with Crippen molar-refractivity contribution in [2.24, 2.45) is 0 Å². The van der Waals surface area contributed by atoms with E-state index in [0.717, 1.165) is 22.7 Å². The molecule has 6 heteroatoms. The molecule has 1 atom stereocenters. The number of aryl methyl sites for hydroxylation is 1. The number of likely N-dealkylation sites (N-methyl/N-ethyl adjacent to an activating group) is 1. The van der Waals surface area contributed by atoms with Crippen molar-refractivity contribution < 1.29 is 4.79 Å². The molecule has 0 bridgehead atoms. The predicted molar refractivity (Wildman–Crippen MR) is 88.1 cm³/mol. The number of aromatic nitrogens is 2. The third-order valence-electron chi connectivity index (χ3n) is 4.04. The van der Waals surface area contributed by atoms with Crippen LogP contribution in [0.25, 0.3) is 0 Å². The maximum Gasteiger partial charge on any atom is 0.241 e. The Bertz CT molecular complexity index is 684. The Morgan fingerprint density at radius 1 is 1.45 bits per heavy atom. The van der Waals surface area contributed by atoms with Gasteiger partial charge in [-0.05, 0) is 50.5 Å². The number of para-hydroxylation sites is 1. The minimum absolute atomic E-state index is 0.148. The van der Waals surface area contributed by atoms with Crippen LogP contribution in [-0.4, -0.2) is 40.0 Å². The van der Waals surface area contributed by atoms with E-state index in [4.69, 9.17) is 0 Å². The summed E-state index contributed by atoms with van der Waals surface area (Å²) in [4.78, 5) is 17.8. The van der Waals surface area contributed by atoms with Gasteiger partial charge >= 0.3 is 0 Å². The van der Waals surface area contributed by atoms with Crippen LogP contribution in [0.3, 0.4) is 0 Å². The monoisotopic (exact) mass is 316 g/mol. The molecule has 0 fully saturated rings. The van der Waals surface area contributed by atoms with Crippen LogP contribution in [0.5, 0.6) is 0 Å². The van der Waals surface area contributed by atoms with E-state index in [2.05, 4.69) is 22.6 Å². The molecule has 5 nitrogen and oxygen atoms in total. The normalized spacial score (nSPS) is 17.1. The van der Waals surface area contributed by atoms with Crippen molar-refractivity contribution in [2.45, 2.75) is 32.9 Å². The highest BCUT2D eigenvalue weighted by Gasteiger charge is 2.30. The minimum atomic E-state index is 0.148. The molecule has 22 heavy (non-hydrogen) atoms. The average Bonchev–Trinajstić information content (AvgIpc) is 3.01. The summed E-state index contributed by atoms with van der Waals surface area (Å²) in [5.74, 6) is 0.148. The number of carbonyl (C=O) groups excluding carboxylic acids is 1. The lowest BCUT2D eigenvalue weighted by Gasteiger charge is -2.25. The largest absolute Gasteiger partial charge is 0.308 e. The van der Waals surface area contributed by atoms with Gasteiger partial charge in [0, 0.05) is 18.3 Å². The first-order chi connectivity index (χ1) is 10.6. The quantitative estimate of drug-likeness (QED) is 0.868. The summed E-state index contributed by atoms with van der Waals surface area (Å²) in [5, 5.41) is 4.01. The van der Waals surface area contributed by atoms with Crippen molar-refractivity contribution in [3.63, 3.8) is 0 Å². The topological polar surface area (TPSA) is 49.3 Å². The number of benzene rings is 1. The summed E-state index contributed by atoms with van der Waals surface area (Å²) in [6, 6.07) is 8.40. The molecule has 1 aliphatic heterocycles. The number of carbonyl (C=O) groups is 1. The van der Waals surface area contributed by atoms with Crippen LogP contribution in [0.2, 0.25) is 0 Å². The van der Waals surface area contributed by atoms with E-state index in [1.54, 1.807) is 0 Å². The molecule has 0 radical (unpaired) electrons. The Hall–Kier alpha value is -1.79. The highest BCUT2D eigenvalue weighted by molar-refractivity contribution is 7.05. The van der Waals surface area contributed by atoms with Crippen LogP contribution in [0.4, 0.5) is 5.69 Å². The third kappa shape index (κ3) is 2.89. The van der Waals surface area contributed by atoms with Gasteiger partial charge < -0.3 is 4.90 Å². The Labute approximate surface area is 134 Å². The Kier molecular flexibility index (Phi) is 4.22.